The van der Waals surface area contributed by atoms with Crippen molar-refractivity contribution in [2.45, 2.75) is 11.6 Å². The normalized spacial score (nSPS) is 17.0. The molecular weight excluding hydrogens is 294 g/mol. The Hall–Kier alpha value is -1.37. The molecule has 1 aromatic carbocycles. The van der Waals surface area contributed by atoms with E-state index in [4.69, 9.17) is 0 Å². The molecule has 1 fully saturated rings. The van der Waals surface area contributed by atoms with Crippen molar-refractivity contribution in [3.63, 3.8) is 0 Å². The summed E-state index contributed by atoms with van der Waals surface area (Å²) in [6.45, 7) is 5.65. The number of rotatable bonds is 5. The Kier molecular flexibility index (Phi) is 5.12. The van der Waals surface area contributed by atoms with Gasteiger partial charge in [-0.25, -0.2) is 0 Å². The topological polar surface area (TPSA) is 37.2 Å². The van der Waals surface area contributed by atoms with Crippen molar-refractivity contribution in [2.75, 3.05) is 46.0 Å². The van der Waals surface area contributed by atoms with Crippen LogP contribution < -0.4 is 0 Å². The maximum atomic E-state index is 4.42. The summed E-state index contributed by atoms with van der Waals surface area (Å²) in [7, 11) is 2.19. The fourth-order valence-corrected chi connectivity index (χ4v) is 3.28. The van der Waals surface area contributed by atoms with Gasteiger partial charge in [-0.1, -0.05) is 30.0 Å². The number of hydrogen-bond acceptors (Lipinski definition) is 5. The highest BCUT2D eigenvalue weighted by Gasteiger charge is 2.17. The maximum Gasteiger partial charge on any atom is 0.195 e. The fraction of sp³-hybridized carbons (Fsp3) is 0.500. The molecule has 118 valence electrons. The van der Waals surface area contributed by atoms with Crippen LogP contribution in [-0.2, 0) is 6.42 Å². The van der Waals surface area contributed by atoms with E-state index in [1.54, 1.807) is 11.8 Å². The van der Waals surface area contributed by atoms with Crippen LogP contribution >= 0.6 is 11.8 Å². The molecule has 3 rings (SSSR count). The van der Waals surface area contributed by atoms with E-state index < -0.39 is 0 Å². The highest BCUT2D eigenvalue weighted by Crippen LogP contribution is 2.20. The van der Waals surface area contributed by atoms with E-state index in [2.05, 4.69) is 55.9 Å². The number of nitrogens with zero attached hydrogens (tertiary/aromatic N) is 5. The molecule has 6 heteroatoms. The van der Waals surface area contributed by atoms with E-state index in [0.717, 1.165) is 55.8 Å². The number of hydrogen-bond donors (Lipinski definition) is 0. The zero-order chi connectivity index (χ0) is 15.4. The van der Waals surface area contributed by atoms with Gasteiger partial charge in [0.15, 0.2) is 5.16 Å². The largest absolute Gasteiger partial charge is 0.304 e. The van der Waals surface area contributed by atoms with Gasteiger partial charge < -0.3 is 9.80 Å². The molecule has 2 heterocycles. The Labute approximate surface area is 136 Å². The van der Waals surface area contributed by atoms with Crippen LogP contribution in [0.5, 0.6) is 0 Å². The number of thioether (sulfide) groups is 1. The molecule has 1 aliphatic rings. The molecule has 0 spiro atoms. The molecule has 0 bridgehead atoms. The van der Waals surface area contributed by atoms with E-state index >= 15 is 0 Å². The lowest BCUT2D eigenvalue weighted by molar-refractivity contribution is 0.155. The first-order valence-electron chi connectivity index (χ1n) is 7.72. The Balaban J connectivity index is 1.73. The summed E-state index contributed by atoms with van der Waals surface area (Å²) >= 11 is 1.64. The first kappa shape index (κ1) is 15.5. The second kappa shape index (κ2) is 7.26. The molecule has 1 aromatic heterocycles. The van der Waals surface area contributed by atoms with Crippen LogP contribution in [0, 0.1) is 0 Å². The molecule has 0 N–H and O–H groups in total. The van der Waals surface area contributed by atoms with Gasteiger partial charge in [-0.3, -0.25) is 4.57 Å². The van der Waals surface area contributed by atoms with Crippen molar-refractivity contribution >= 4 is 11.8 Å². The average Bonchev–Trinajstić information content (AvgIpc) is 2.98. The first-order valence-corrected chi connectivity index (χ1v) is 8.95. The average molecular weight is 317 g/mol. The zero-order valence-corrected chi connectivity index (χ0v) is 14.1. The van der Waals surface area contributed by atoms with E-state index in [9.17, 15) is 0 Å². The molecule has 2 aromatic rings. The van der Waals surface area contributed by atoms with Crippen LogP contribution in [0.15, 0.2) is 35.5 Å². The highest BCUT2D eigenvalue weighted by atomic mass is 32.2. The van der Waals surface area contributed by atoms with E-state index in [1.165, 1.54) is 0 Å². The highest BCUT2D eigenvalue weighted by molar-refractivity contribution is 7.98. The predicted octanol–water partition coefficient (Wildman–Crippen LogP) is 1.78. The molecular formula is C16H23N5S. The second-order valence-electron chi connectivity index (χ2n) is 5.67. The molecule has 0 atom stereocenters. The number of piperazine rings is 1. The number of benzene rings is 1. The Morgan fingerprint density at radius 3 is 2.45 bits per heavy atom. The third-order valence-corrected chi connectivity index (χ3v) is 4.77. The molecule has 0 unspecified atom stereocenters. The first-order chi connectivity index (χ1) is 10.8. The smallest absolute Gasteiger partial charge is 0.195 e. The van der Waals surface area contributed by atoms with Gasteiger partial charge in [0.05, 0.1) is 0 Å². The minimum atomic E-state index is 0.937. The van der Waals surface area contributed by atoms with Gasteiger partial charge in [-0.15, -0.1) is 10.2 Å². The van der Waals surface area contributed by atoms with Crippen molar-refractivity contribution < 1.29 is 0 Å². The van der Waals surface area contributed by atoms with Gasteiger partial charge in [0, 0.05) is 44.8 Å². The standard InChI is InChI=1S/C16H23N5S/c1-19-10-12-20(13-11-19)9-8-15-17-18-16(22-2)21(15)14-6-4-3-5-7-14/h3-7H,8-13H2,1-2H3. The molecule has 1 saturated heterocycles. The Morgan fingerprint density at radius 2 is 1.77 bits per heavy atom. The van der Waals surface area contributed by atoms with Crippen LogP contribution in [0.2, 0.25) is 0 Å². The van der Waals surface area contributed by atoms with Gasteiger partial charge in [0.25, 0.3) is 0 Å². The molecule has 0 radical (unpaired) electrons. The Bertz CT molecular complexity index is 590. The van der Waals surface area contributed by atoms with Crippen LogP contribution in [0.4, 0.5) is 0 Å². The van der Waals surface area contributed by atoms with Crippen molar-refractivity contribution in [3.05, 3.63) is 36.2 Å². The maximum absolute atomic E-state index is 4.42. The van der Waals surface area contributed by atoms with Gasteiger partial charge >= 0.3 is 0 Å². The van der Waals surface area contributed by atoms with E-state index in [-0.39, 0.29) is 0 Å². The van der Waals surface area contributed by atoms with E-state index in [1.807, 2.05) is 12.3 Å². The zero-order valence-electron chi connectivity index (χ0n) is 13.3. The number of likely N-dealkylation sites (N-methyl/N-ethyl adjacent to an activating group) is 1. The summed E-state index contributed by atoms with van der Waals surface area (Å²) in [5.74, 6) is 1.05. The van der Waals surface area contributed by atoms with Gasteiger partial charge in [-0.2, -0.15) is 0 Å². The summed E-state index contributed by atoms with van der Waals surface area (Å²) < 4.78 is 2.18. The van der Waals surface area contributed by atoms with Crippen molar-refractivity contribution in [3.8, 4) is 5.69 Å². The summed E-state index contributed by atoms with van der Waals surface area (Å²) in [6.07, 6.45) is 2.99. The lowest BCUT2D eigenvalue weighted by Gasteiger charge is -2.32. The monoisotopic (exact) mass is 317 g/mol. The van der Waals surface area contributed by atoms with Gasteiger partial charge in [0.1, 0.15) is 5.82 Å². The predicted molar refractivity (Wildman–Crippen MR) is 90.8 cm³/mol. The quantitative estimate of drug-likeness (QED) is 0.786. The summed E-state index contributed by atoms with van der Waals surface area (Å²) in [5, 5.41) is 9.71. The van der Waals surface area contributed by atoms with Crippen molar-refractivity contribution in [1.82, 2.24) is 24.6 Å². The number of aromatic nitrogens is 3. The van der Waals surface area contributed by atoms with E-state index in [0.29, 0.717) is 0 Å². The summed E-state index contributed by atoms with van der Waals surface area (Å²) in [5.41, 5.74) is 1.14. The third-order valence-electron chi connectivity index (χ3n) is 4.14. The molecule has 5 nitrogen and oxygen atoms in total. The van der Waals surface area contributed by atoms with Crippen LogP contribution in [0.1, 0.15) is 5.82 Å². The molecule has 0 saturated carbocycles. The molecule has 1 aliphatic heterocycles. The van der Waals surface area contributed by atoms with Crippen LogP contribution in [0.3, 0.4) is 0 Å². The van der Waals surface area contributed by atoms with Crippen molar-refractivity contribution in [2.24, 2.45) is 0 Å². The lowest BCUT2D eigenvalue weighted by Crippen LogP contribution is -2.45. The number of para-hydroxylation sites is 1. The minimum absolute atomic E-state index is 0.937. The second-order valence-corrected chi connectivity index (χ2v) is 6.44. The SMILES string of the molecule is CSc1nnc(CCN2CCN(C)CC2)n1-c1ccccc1. The van der Waals surface area contributed by atoms with Crippen LogP contribution in [-0.4, -0.2) is 70.6 Å². The molecule has 0 aliphatic carbocycles. The summed E-state index contributed by atoms with van der Waals surface area (Å²) in [4.78, 5) is 4.90. The molecule has 22 heavy (non-hydrogen) atoms. The van der Waals surface area contributed by atoms with Gasteiger partial charge in [-0.05, 0) is 25.4 Å². The fourth-order valence-electron chi connectivity index (χ4n) is 2.76. The minimum Gasteiger partial charge on any atom is -0.304 e. The lowest BCUT2D eigenvalue weighted by atomic mass is 10.2. The third kappa shape index (κ3) is 3.51. The van der Waals surface area contributed by atoms with Crippen molar-refractivity contribution in [1.29, 1.82) is 0 Å². The van der Waals surface area contributed by atoms with Gasteiger partial charge in [0.2, 0.25) is 0 Å². The molecule has 0 amide bonds. The Morgan fingerprint density at radius 1 is 1.05 bits per heavy atom. The summed E-state index contributed by atoms with van der Waals surface area (Å²) in [6, 6.07) is 10.4. The van der Waals surface area contributed by atoms with Crippen LogP contribution in [0.25, 0.3) is 5.69 Å².